The van der Waals surface area contributed by atoms with Crippen LogP contribution in [-0.2, 0) is 11.2 Å². The van der Waals surface area contributed by atoms with Crippen LogP contribution in [0.1, 0.15) is 24.7 Å². The minimum absolute atomic E-state index is 0.127. The molecule has 68 valence electrons. The largest absolute Gasteiger partial charge is 0.374 e. The van der Waals surface area contributed by atoms with Crippen LogP contribution in [0, 0.1) is 0 Å². The highest BCUT2D eigenvalue weighted by Gasteiger charge is 2.11. The van der Waals surface area contributed by atoms with Crippen LogP contribution in [0.2, 0.25) is 0 Å². The van der Waals surface area contributed by atoms with Crippen molar-refractivity contribution in [3.8, 4) is 0 Å². The summed E-state index contributed by atoms with van der Waals surface area (Å²) in [5.74, 6) is 1.62. The molecule has 1 heterocycles. The molecule has 0 aliphatic heterocycles. The lowest BCUT2D eigenvalue weighted by Crippen LogP contribution is -1.98. The molecule has 0 saturated heterocycles. The van der Waals surface area contributed by atoms with Gasteiger partial charge in [0.25, 0.3) is 0 Å². The Labute approximate surface area is 75.9 Å². The number of hydrogen-bond acceptors (Lipinski definition) is 4. The van der Waals surface area contributed by atoms with E-state index in [0.717, 1.165) is 0 Å². The summed E-state index contributed by atoms with van der Waals surface area (Å²) >= 11 is 5.50. The highest BCUT2D eigenvalue weighted by atomic mass is 35.5. The van der Waals surface area contributed by atoms with Gasteiger partial charge in [-0.2, -0.15) is 4.98 Å². The molecule has 0 saturated carbocycles. The molecule has 0 spiro atoms. The Balaban J connectivity index is 2.63. The van der Waals surface area contributed by atoms with E-state index >= 15 is 0 Å². The van der Waals surface area contributed by atoms with Gasteiger partial charge in [0.2, 0.25) is 5.89 Å². The lowest BCUT2D eigenvalue weighted by atomic mass is 10.4. The van der Waals surface area contributed by atoms with Gasteiger partial charge in [-0.25, -0.2) is 0 Å². The number of hydrogen-bond donors (Lipinski definition) is 0. The number of methoxy groups -OCH3 is 1. The first-order valence-electron chi connectivity index (χ1n) is 3.69. The van der Waals surface area contributed by atoms with E-state index in [0.29, 0.717) is 24.0 Å². The molecule has 0 radical (unpaired) electrons. The molecule has 0 aliphatic rings. The van der Waals surface area contributed by atoms with Gasteiger partial charge < -0.3 is 9.26 Å². The van der Waals surface area contributed by atoms with Crippen LogP contribution in [0.25, 0.3) is 0 Å². The zero-order valence-electron chi connectivity index (χ0n) is 7.08. The Kier molecular flexibility index (Phi) is 3.49. The maximum absolute atomic E-state index is 5.50. The van der Waals surface area contributed by atoms with Gasteiger partial charge in [0, 0.05) is 19.4 Å². The average Bonchev–Trinajstić information content (AvgIpc) is 2.52. The van der Waals surface area contributed by atoms with E-state index in [1.807, 2.05) is 6.92 Å². The van der Waals surface area contributed by atoms with Gasteiger partial charge >= 0.3 is 0 Å². The Hall–Kier alpha value is -0.610. The van der Waals surface area contributed by atoms with Crippen LogP contribution in [0.4, 0.5) is 0 Å². The average molecular weight is 191 g/mol. The summed E-state index contributed by atoms with van der Waals surface area (Å²) < 4.78 is 9.91. The van der Waals surface area contributed by atoms with Crippen molar-refractivity contribution in [2.24, 2.45) is 0 Å². The number of alkyl halides is 1. The first kappa shape index (κ1) is 9.48. The summed E-state index contributed by atoms with van der Waals surface area (Å²) in [4.78, 5) is 4.08. The standard InChI is InChI=1S/C7H11ClN2O2/c1-5(11-2)7-9-6(3-4-8)12-10-7/h5H,3-4H2,1-2H3. The quantitative estimate of drug-likeness (QED) is 0.676. The molecule has 0 N–H and O–H groups in total. The molecular weight excluding hydrogens is 180 g/mol. The predicted octanol–water partition coefficient (Wildman–Crippen LogP) is 1.56. The van der Waals surface area contributed by atoms with Gasteiger partial charge in [-0.3, -0.25) is 0 Å². The lowest BCUT2D eigenvalue weighted by molar-refractivity contribution is 0.109. The van der Waals surface area contributed by atoms with Crippen molar-refractivity contribution in [1.29, 1.82) is 0 Å². The molecule has 0 bridgehead atoms. The van der Waals surface area contributed by atoms with Crippen molar-refractivity contribution >= 4 is 11.6 Å². The zero-order valence-corrected chi connectivity index (χ0v) is 7.84. The minimum Gasteiger partial charge on any atom is -0.374 e. The molecule has 1 atom stereocenters. The van der Waals surface area contributed by atoms with Gasteiger partial charge in [0.15, 0.2) is 5.82 Å². The van der Waals surface area contributed by atoms with Crippen molar-refractivity contribution in [1.82, 2.24) is 10.1 Å². The second-order valence-electron chi connectivity index (χ2n) is 2.36. The van der Waals surface area contributed by atoms with E-state index in [1.54, 1.807) is 7.11 Å². The van der Waals surface area contributed by atoms with E-state index in [2.05, 4.69) is 10.1 Å². The monoisotopic (exact) mass is 190 g/mol. The number of ether oxygens (including phenoxy) is 1. The van der Waals surface area contributed by atoms with Crippen LogP contribution in [-0.4, -0.2) is 23.1 Å². The Morgan fingerprint density at radius 2 is 2.42 bits per heavy atom. The molecule has 0 amide bonds. The maximum atomic E-state index is 5.50. The molecule has 0 fully saturated rings. The number of aromatic nitrogens is 2. The van der Waals surface area contributed by atoms with Crippen molar-refractivity contribution in [2.45, 2.75) is 19.4 Å². The van der Waals surface area contributed by atoms with Crippen LogP contribution >= 0.6 is 11.6 Å². The van der Waals surface area contributed by atoms with Gasteiger partial charge in [-0.05, 0) is 6.92 Å². The van der Waals surface area contributed by atoms with Crippen LogP contribution in [0.15, 0.2) is 4.52 Å². The third-order valence-electron chi connectivity index (χ3n) is 1.51. The molecule has 1 aromatic rings. The normalized spacial score (nSPS) is 13.2. The second-order valence-corrected chi connectivity index (χ2v) is 2.74. The predicted molar refractivity (Wildman–Crippen MR) is 44.1 cm³/mol. The first-order chi connectivity index (χ1) is 5.77. The van der Waals surface area contributed by atoms with Gasteiger partial charge in [0.05, 0.1) is 0 Å². The highest BCUT2D eigenvalue weighted by molar-refractivity contribution is 6.17. The summed E-state index contributed by atoms with van der Waals surface area (Å²) in [6.07, 6.45) is 0.475. The van der Waals surface area contributed by atoms with Crippen molar-refractivity contribution in [3.63, 3.8) is 0 Å². The fourth-order valence-electron chi connectivity index (χ4n) is 0.721. The van der Waals surface area contributed by atoms with Crippen LogP contribution in [0.5, 0.6) is 0 Å². The number of nitrogens with zero attached hydrogens (tertiary/aromatic N) is 2. The third-order valence-corrected chi connectivity index (χ3v) is 1.70. The fraction of sp³-hybridized carbons (Fsp3) is 0.714. The Morgan fingerprint density at radius 1 is 1.67 bits per heavy atom. The summed E-state index contributed by atoms with van der Waals surface area (Å²) in [5, 5.41) is 3.74. The molecular formula is C7H11ClN2O2. The molecule has 1 rings (SSSR count). The zero-order chi connectivity index (χ0) is 8.97. The molecule has 0 aliphatic carbocycles. The van der Waals surface area contributed by atoms with Gasteiger partial charge in [-0.15, -0.1) is 11.6 Å². The fourth-order valence-corrected chi connectivity index (χ4v) is 0.883. The van der Waals surface area contributed by atoms with E-state index in [-0.39, 0.29) is 6.10 Å². The minimum atomic E-state index is -0.127. The second kappa shape index (κ2) is 4.42. The van der Waals surface area contributed by atoms with Gasteiger partial charge in [0.1, 0.15) is 6.10 Å². The number of aryl methyl sites for hydroxylation is 1. The molecule has 5 heteroatoms. The summed E-state index contributed by atoms with van der Waals surface area (Å²) in [5.41, 5.74) is 0. The van der Waals surface area contributed by atoms with Crippen LogP contribution < -0.4 is 0 Å². The van der Waals surface area contributed by atoms with E-state index in [9.17, 15) is 0 Å². The lowest BCUT2D eigenvalue weighted by Gasteiger charge is -2.00. The molecule has 4 nitrogen and oxygen atoms in total. The smallest absolute Gasteiger partial charge is 0.227 e. The topological polar surface area (TPSA) is 48.2 Å². The van der Waals surface area contributed by atoms with Crippen molar-refractivity contribution in [2.75, 3.05) is 13.0 Å². The summed E-state index contributed by atoms with van der Waals surface area (Å²) in [7, 11) is 1.60. The number of halogens is 1. The van der Waals surface area contributed by atoms with Crippen molar-refractivity contribution in [3.05, 3.63) is 11.7 Å². The first-order valence-corrected chi connectivity index (χ1v) is 4.22. The van der Waals surface area contributed by atoms with Crippen LogP contribution in [0.3, 0.4) is 0 Å². The highest BCUT2D eigenvalue weighted by Crippen LogP contribution is 2.11. The molecule has 1 aromatic heterocycles. The van der Waals surface area contributed by atoms with Crippen molar-refractivity contribution < 1.29 is 9.26 Å². The maximum Gasteiger partial charge on any atom is 0.227 e. The van der Waals surface area contributed by atoms with E-state index in [1.165, 1.54) is 0 Å². The van der Waals surface area contributed by atoms with E-state index in [4.69, 9.17) is 20.9 Å². The molecule has 12 heavy (non-hydrogen) atoms. The Bertz CT molecular complexity index is 239. The van der Waals surface area contributed by atoms with Gasteiger partial charge in [-0.1, -0.05) is 5.16 Å². The van der Waals surface area contributed by atoms with E-state index < -0.39 is 0 Å². The third kappa shape index (κ3) is 2.19. The molecule has 0 aromatic carbocycles. The summed E-state index contributed by atoms with van der Waals surface area (Å²) in [6.45, 7) is 1.86. The molecule has 1 unspecified atom stereocenters. The number of rotatable bonds is 4. The Morgan fingerprint density at radius 3 is 3.00 bits per heavy atom. The summed E-state index contributed by atoms with van der Waals surface area (Å²) in [6, 6.07) is 0. The SMILES string of the molecule is COC(C)c1noc(CCCl)n1.